The van der Waals surface area contributed by atoms with E-state index in [0.717, 1.165) is 0 Å². The van der Waals surface area contributed by atoms with Gasteiger partial charge in [-0.25, -0.2) is 4.79 Å². The van der Waals surface area contributed by atoms with Gasteiger partial charge in [-0.1, -0.05) is 18.2 Å². The van der Waals surface area contributed by atoms with E-state index in [-0.39, 0.29) is 5.75 Å². The summed E-state index contributed by atoms with van der Waals surface area (Å²) >= 11 is 0. The molecule has 0 radical (unpaired) electrons. The Balaban J connectivity index is 2.60. The van der Waals surface area contributed by atoms with Crippen molar-refractivity contribution >= 4 is 5.97 Å². The Morgan fingerprint density at radius 1 is 1.24 bits per heavy atom. The number of carbonyl (C=O) groups is 1. The number of aromatic nitrogens is 1. The second kappa shape index (κ2) is 4.65. The molecule has 4 heteroatoms. The van der Waals surface area contributed by atoms with Crippen LogP contribution in [0, 0.1) is 0 Å². The molecule has 2 aromatic rings. The van der Waals surface area contributed by atoms with Gasteiger partial charge in [0.1, 0.15) is 5.75 Å². The predicted octanol–water partition coefficient (Wildman–Crippen LogP) is 2.24. The van der Waals surface area contributed by atoms with Crippen molar-refractivity contribution in [1.82, 2.24) is 4.98 Å². The summed E-state index contributed by atoms with van der Waals surface area (Å²) in [5.74, 6) is -0.361. The van der Waals surface area contributed by atoms with Crippen LogP contribution < -0.4 is 0 Å². The van der Waals surface area contributed by atoms with E-state index >= 15 is 0 Å². The molecule has 0 aliphatic heterocycles. The van der Waals surface area contributed by atoms with Crippen molar-refractivity contribution < 1.29 is 14.6 Å². The molecule has 1 aromatic carbocycles. The minimum absolute atomic E-state index is 0.115. The first-order valence-electron chi connectivity index (χ1n) is 5.04. The third-order valence-electron chi connectivity index (χ3n) is 2.42. The van der Waals surface area contributed by atoms with Crippen molar-refractivity contribution in [2.45, 2.75) is 0 Å². The molecule has 0 atom stereocenters. The fourth-order valence-electron chi connectivity index (χ4n) is 1.60. The minimum Gasteiger partial charge on any atom is -0.507 e. The van der Waals surface area contributed by atoms with Crippen LogP contribution in [-0.4, -0.2) is 23.2 Å². The quantitative estimate of drug-likeness (QED) is 0.802. The van der Waals surface area contributed by atoms with Crippen LogP contribution in [0.1, 0.15) is 10.4 Å². The second-order valence-corrected chi connectivity index (χ2v) is 3.43. The molecule has 0 saturated heterocycles. The topological polar surface area (TPSA) is 59.4 Å². The molecular weight excluding hydrogens is 218 g/mol. The number of esters is 1. The Bertz CT molecular complexity index is 552. The molecule has 17 heavy (non-hydrogen) atoms. The second-order valence-electron chi connectivity index (χ2n) is 3.43. The minimum atomic E-state index is -0.476. The zero-order valence-corrected chi connectivity index (χ0v) is 9.25. The van der Waals surface area contributed by atoms with Gasteiger partial charge in [0.15, 0.2) is 0 Å². The van der Waals surface area contributed by atoms with Crippen molar-refractivity contribution in [1.29, 1.82) is 0 Å². The lowest BCUT2D eigenvalue weighted by molar-refractivity contribution is 0.0601. The van der Waals surface area contributed by atoms with Crippen LogP contribution in [0.5, 0.6) is 5.75 Å². The molecule has 1 heterocycles. The van der Waals surface area contributed by atoms with E-state index in [4.69, 9.17) is 0 Å². The number of hydrogen-bond donors (Lipinski definition) is 1. The average Bonchev–Trinajstić information content (AvgIpc) is 2.38. The van der Waals surface area contributed by atoms with Crippen LogP contribution in [0.25, 0.3) is 11.1 Å². The first-order valence-corrected chi connectivity index (χ1v) is 5.04. The van der Waals surface area contributed by atoms with Crippen LogP contribution in [0.3, 0.4) is 0 Å². The van der Waals surface area contributed by atoms with Crippen molar-refractivity contribution in [2.24, 2.45) is 0 Å². The summed E-state index contributed by atoms with van der Waals surface area (Å²) in [6.07, 6.45) is 2.99. The summed E-state index contributed by atoms with van der Waals surface area (Å²) in [5.41, 5.74) is 1.51. The van der Waals surface area contributed by atoms with Crippen LogP contribution in [0.15, 0.2) is 42.7 Å². The molecule has 2 rings (SSSR count). The van der Waals surface area contributed by atoms with Gasteiger partial charge in [0, 0.05) is 23.5 Å². The lowest BCUT2D eigenvalue weighted by Gasteiger charge is -2.08. The number of rotatable bonds is 2. The van der Waals surface area contributed by atoms with Crippen molar-refractivity contribution in [3.8, 4) is 16.9 Å². The average molecular weight is 229 g/mol. The van der Waals surface area contributed by atoms with Crippen LogP contribution in [-0.2, 0) is 4.74 Å². The number of para-hydroxylation sites is 1. The molecule has 0 amide bonds. The normalized spacial score (nSPS) is 9.94. The Morgan fingerprint density at radius 3 is 2.71 bits per heavy atom. The molecule has 0 fully saturated rings. The molecule has 4 nitrogen and oxygen atoms in total. The molecule has 0 bridgehead atoms. The predicted molar refractivity (Wildman–Crippen MR) is 62.7 cm³/mol. The van der Waals surface area contributed by atoms with Crippen LogP contribution in [0.2, 0.25) is 0 Å². The van der Waals surface area contributed by atoms with E-state index in [1.807, 2.05) is 0 Å². The van der Waals surface area contributed by atoms with Crippen molar-refractivity contribution in [2.75, 3.05) is 7.11 Å². The van der Waals surface area contributed by atoms with Gasteiger partial charge in [-0.2, -0.15) is 0 Å². The number of benzene rings is 1. The highest BCUT2D eigenvalue weighted by molar-refractivity contribution is 5.97. The first-order chi connectivity index (χ1) is 8.24. The van der Waals surface area contributed by atoms with Crippen LogP contribution in [0.4, 0.5) is 0 Å². The van der Waals surface area contributed by atoms with Gasteiger partial charge in [-0.05, 0) is 12.1 Å². The van der Waals surface area contributed by atoms with E-state index in [2.05, 4.69) is 9.72 Å². The summed E-state index contributed by atoms with van der Waals surface area (Å²) in [5, 5.41) is 9.77. The fourth-order valence-corrected chi connectivity index (χ4v) is 1.60. The Labute approximate surface area is 98.5 Å². The highest BCUT2D eigenvalue weighted by atomic mass is 16.5. The van der Waals surface area contributed by atoms with Gasteiger partial charge in [0.25, 0.3) is 0 Å². The largest absolute Gasteiger partial charge is 0.507 e. The Kier molecular flexibility index (Phi) is 3.05. The maximum Gasteiger partial charge on any atom is 0.340 e. The van der Waals surface area contributed by atoms with E-state index in [0.29, 0.717) is 16.7 Å². The summed E-state index contributed by atoms with van der Waals surface area (Å²) in [7, 11) is 1.31. The van der Waals surface area contributed by atoms with Gasteiger partial charge >= 0.3 is 5.97 Å². The standard InChI is InChI=1S/C13H11NO3/c1-17-13(16)11-8-14-7-6-9(11)10-4-2-3-5-12(10)15/h2-8,15H,1H3. The maximum absolute atomic E-state index is 11.6. The van der Waals surface area contributed by atoms with Gasteiger partial charge < -0.3 is 9.84 Å². The third kappa shape index (κ3) is 2.10. The molecule has 0 aliphatic rings. The van der Waals surface area contributed by atoms with E-state index in [9.17, 15) is 9.90 Å². The highest BCUT2D eigenvalue weighted by Gasteiger charge is 2.14. The molecule has 0 saturated carbocycles. The van der Waals surface area contributed by atoms with Gasteiger partial charge in [-0.3, -0.25) is 4.98 Å². The zero-order valence-electron chi connectivity index (χ0n) is 9.25. The zero-order chi connectivity index (χ0) is 12.3. The van der Waals surface area contributed by atoms with Gasteiger partial charge in [-0.15, -0.1) is 0 Å². The molecule has 0 spiro atoms. The number of aromatic hydroxyl groups is 1. The number of pyridine rings is 1. The van der Waals surface area contributed by atoms with Gasteiger partial charge in [0.2, 0.25) is 0 Å². The molecule has 1 N–H and O–H groups in total. The highest BCUT2D eigenvalue weighted by Crippen LogP contribution is 2.30. The van der Waals surface area contributed by atoms with Crippen LogP contribution >= 0.6 is 0 Å². The summed E-state index contributed by atoms with van der Waals surface area (Å²) < 4.78 is 4.68. The number of ether oxygens (including phenoxy) is 1. The fraction of sp³-hybridized carbons (Fsp3) is 0.0769. The molecule has 0 unspecified atom stereocenters. The smallest absolute Gasteiger partial charge is 0.340 e. The SMILES string of the molecule is COC(=O)c1cnccc1-c1ccccc1O. The number of phenolic OH excluding ortho intramolecular Hbond substituents is 1. The van der Waals surface area contributed by atoms with Crippen molar-refractivity contribution in [3.63, 3.8) is 0 Å². The van der Waals surface area contributed by atoms with Crippen molar-refractivity contribution in [3.05, 3.63) is 48.3 Å². The number of carbonyl (C=O) groups excluding carboxylic acids is 1. The lowest BCUT2D eigenvalue weighted by atomic mass is 10.0. The lowest BCUT2D eigenvalue weighted by Crippen LogP contribution is -2.04. The number of methoxy groups -OCH3 is 1. The summed E-state index contributed by atoms with van der Waals surface area (Å²) in [6.45, 7) is 0. The third-order valence-corrected chi connectivity index (χ3v) is 2.42. The monoisotopic (exact) mass is 229 g/mol. The van der Waals surface area contributed by atoms with E-state index in [1.54, 1.807) is 36.5 Å². The number of hydrogen-bond acceptors (Lipinski definition) is 4. The number of phenols is 1. The Morgan fingerprint density at radius 2 is 2.00 bits per heavy atom. The van der Waals surface area contributed by atoms with E-state index < -0.39 is 5.97 Å². The number of nitrogens with zero attached hydrogens (tertiary/aromatic N) is 1. The first kappa shape index (κ1) is 11.1. The molecule has 1 aromatic heterocycles. The maximum atomic E-state index is 11.6. The molecule has 0 aliphatic carbocycles. The Hall–Kier alpha value is -2.36. The van der Waals surface area contributed by atoms with Gasteiger partial charge in [0.05, 0.1) is 12.7 Å². The molecular formula is C13H11NO3. The summed E-state index contributed by atoms with van der Waals surface area (Å²) in [4.78, 5) is 15.5. The summed E-state index contributed by atoms with van der Waals surface area (Å²) in [6, 6.07) is 8.48. The molecule has 86 valence electrons. The van der Waals surface area contributed by atoms with E-state index in [1.165, 1.54) is 13.3 Å².